The lowest BCUT2D eigenvalue weighted by atomic mass is 9.97. The van der Waals surface area contributed by atoms with Gasteiger partial charge in [-0.15, -0.1) is 0 Å². The van der Waals surface area contributed by atoms with E-state index in [4.69, 9.17) is 4.74 Å². The predicted octanol–water partition coefficient (Wildman–Crippen LogP) is 1.31. The number of carbonyl (C=O) groups is 2. The van der Waals surface area contributed by atoms with Crippen molar-refractivity contribution in [3.8, 4) is 5.69 Å². The van der Waals surface area contributed by atoms with Crippen LogP contribution in [-0.4, -0.2) is 52.9 Å². The van der Waals surface area contributed by atoms with Crippen LogP contribution >= 0.6 is 0 Å². The third-order valence-corrected chi connectivity index (χ3v) is 5.31. The summed E-state index contributed by atoms with van der Waals surface area (Å²) in [6.07, 6.45) is 1.34. The highest BCUT2D eigenvalue weighted by Crippen LogP contribution is 2.19. The van der Waals surface area contributed by atoms with Crippen molar-refractivity contribution in [1.82, 2.24) is 14.3 Å². The van der Waals surface area contributed by atoms with Crippen LogP contribution in [0.1, 0.15) is 18.5 Å². The highest BCUT2D eigenvalue weighted by molar-refractivity contribution is 5.92. The molecule has 0 spiro atoms. The maximum Gasteiger partial charge on any atom is 0.308 e. The Bertz CT molecular complexity index is 908. The molecule has 2 aromatic rings. The first-order valence-electron chi connectivity index (χ1n) is 9.36. The van der Waals surface area contributed by atoms with Crippen LogP contribution in [0.3, 0.4) is 0 Å². The van der Waals surface area contributed by atoms with Crippen LogP contribution < -0.4 is 10.9 Å². The molecule has 8 nitrogen and oxygen atoms in total. The smallest absolute Gasteiger partial charge is 0.308 e. The number of ether oxygens (including phenoxy) is 1. The van der Waals surface area contributed by atoms with E-state index in [9.17, 15) is 14.4 Å². The summed E-state index contributed by atoms with van der Waals surface area (Å²) in [6.45, 7) is 3.29. The molecule has 1 aliphatic rings. The highest BCUT2D eigenvalue weighted by atomic mass is 16.5. The number of likely N-dealkylation sites (tertiary alicyclic amines) is 1. The number of aromatic nitrogens is 2. The molecular weight excluding hydrogens is 360 g/mol. The van der Waals surface area contributed by atoms with Gasteiger partial charge in [0.2, 0.25) is 5.91 Å². The number of para-hydroxylation sites is 1. The standard InChI is InChI=1S/C20H26N4O4/c1-14-18(19(26)24(22(14)2)16-7-5-4-6-8-16)21-17(25)13-23-11-9-15(10-12-23)20(27)28-3/h4-8,15H,9-13H2,1-3H3,(H,21,25). The number of benzene rings is 1. The number of anilines is 1. The van der Waals surface area contributed by atoms with Gasteiger partial charge in [-0.1, -0.05) is 18.2 Å². The van der Waals surface area contributed by atoms with Crippen LogP contribution in [0.2, 0.25) is 0 Å². The SMILES string of the molecule is COC(=O)C1CCN(CC(=O)Nc2c(C)n(C)n(-c3ccccc3)c2=O)CC1. The van der Waals surface area contributed by atoms with Crippen molar-refractivity contribution in [2.75, 3.05) is 32.1 Å². The third kappa shape index (κ3) is 4.01. The first kappa shape index (κ1) is 19.9. The van der Waals surface area contributed by atoms with Crippen molar-refractivity contribution in [3.63, 3.8) is 0 Å². The molecule has 1 fully saturated rings. The molecule has 0 unspecified atom stereocenters. The zero-order valence-electron chi connectivity index (χ0n) is 16.5. The van der Waals surface area contributed by atoms with Crippen LogP contribution in [0.4, 0.5) is 5.69 Å². The van der Waals surface area contributed by atoms with Gasteiger partial charge in [-0.25, -0.2) is 4.68 Å². The molecule has 1 amide bonds. The van der Waals surface area contributed by atoms with Gasteiger partial charge in [-0.3, -0.25) is 24.0 Å². The Morgan fingerprint density at radius 1 is 1.18 bits per heavy atom. The number of hydrogen-bond donors (Lipinski definition) is 1. The highest BCUT2D eigenvalue weighted by Gasteiger charge is 2.27. The van der Waals surface area contributed by atoms with Crippen molar-refractivity contribution in [1.29, 1.82) is 0 Å². The lowest BCUT2D eigenvalue weighted by Crippen LogP contribution is -2.41. The quantitative estimate of drug-likeness (QED) is 0.783. The van der Waals surface area contributed by atoms with E-state index in [1.807, 2.05) is 35.2 Å². The van der Waals surface area contributed by atoms with Gasteiger partial charge in [0.25, 0.3) is 5.56 Å². The van der Waals surface area contributed by atoms with Crippen LogP contribution in [0, 0.1) is 12.8 Å². The number of piperidine rings is 1. The minimum absolute atomic E-state index is 0.0984. The van der Waals surface area contributed by atoms with E-state index in [-0.39, 0.29) is 29.9 Å². The molecule has 150 valence electrons. The Balaban J connectivity index is 1.67. The molecule has 0 radical (unpaired) electrons. The number of esters is 1. The molecule has 1 aliphatic heterocycles. The number of carbonyl (C=O) groups excluding carboxylic acids is 2. The largest absolute Gasteiger partial charge is 0.469 e. The van der Waals surface area contributed by atoms with E-state index in [1.165, 1.54) is 11.8 Å². The minimum atomic E-state index is -0.260. The second-order valence-electron chi connectivity index (χ2n) is 7.06. The summed E-state index contributed by atoms with van der Waals surface area (Å²) in [4.78, 5) is 39.0. The Kier molecular flexibility index (Phi) is 5.99. The Labute approximate surface area is 163 Å². The summed E-state index contributed by atoms with van der Waals surface area (Å²) in [5, 5.41) is 2.78. The number of hydrogen-bond acceptors (Lipinski definition) is 5. The summed E-state index contributed by atoms with van der Waals surface area (Å²) in [5.41, 5.74) is 1.46. The number of methoxy groups -OCH3 is 1. The number of nitrogens with one attached hydrogen (secondary N) is 1. The third-order valence-electron chi connectivity index (χ3n) is 5.31. The first-order valence-corrected chi connectivity index (χ1v) is 9.36. The Morgan fingerprint density at radius 3 is 2.43 bits per heavy atom. The summed E-state index contributed by atoms with van der Waals surface area (Å²) in [5.74, 6) is -0.522. The second kappa shape index (κ2) is 8.43. The summed E-state index contributed by atoms with van der Waals surface area (Å²) < 4.78 is 8.05. The van der Waals surface area contributed by atoms with E-state index >= 15 is 0 Å². The average molecular weight is 386 g/mol. The monoisotopic (exact) mass is 386 g/mol. The topological polar surface area (TPSA) is 85.6 Å². The maximum absolute atomic E-state index is 12.9. The number of rotatable bonds is 5. The fraction of sp³-hybridized carbons (Fsp3) is 0.450. The molecule has 8 heteroatoms. The van der Waals surface area contributed by atoms with Gasteiger partial charge < -0.3 is 10.1 Å². The van der Waals surface area contributed by atoms with Crippen LogP contribution in [0.25, 0.3) is 5.69 Å². The maximum atomic E-state index is 12.9. The molecule has 28 heavy (non-hydrogen) atoms. The molecule has 2 heterocycles. The van der Waals surface area contributed by atoms with Gasteiger partial charge >= 0.3 is 5.97 Å². The summed E-state index contributed by atoms with van der Waals surface area (Å²) >= 11 is 0. The summed E-state index contributed by atoms with van der Waals surface area (Å²) in [6, 6.07) is 9.30. The molecule has 3 rings (SSSR count). The molecular formula is C20H26N4O4. The zero-order chi connectivity index (χ0) is 20.3. The molecule has 1 N–H and O–H groups in total. The Hall–Kier alpha value is -2.87. The van der Waals surface area contributed by atoms with Crippen molar-refractivity contribution in [2.45, 2.75) is 19.8 Å². The van der Waals surface area contributed by atoms with Crippen molar-refractivity contribution in [3.05, 3.63) is 46.4 Å². The van der Waals surface area contributed by atoms with Crippen molar-refractivity contribution in [2.24, 2.45) is 13.0 Å². The molecule has 0 atom stereocenters. The van der Waals surface area contributed by atoms with Gasteiger partial charge in [-0.2, -0.15) is 0 Å². The van der Waals surface area contributed by atoms with Crippen molar-refractivity contribution < 1.29 is 14.3 Å². The summed E-state index contributed by atoms with van der Waals surface area (Å²) in [7, 11) is 3.18. The Morgan fingerprint density at radius 2 is 1.82 bits per heavy atom. The van der Waals surface area contributed by atoms with Crippen LogP contribution in [0.15, 0.2) is 35.1 Å². The van der Waals surface area contributed by atoms with Gasteiger partial charge in [0.05, 0.1) is 31.0 Å². The lowest BCUT2D eigenvalue weighted by molar-refractivity contribution is -0.147. The van der Waals surface area contributed by atoms with Gasteiger partial charge in [-0.05, 0) is 45.0 Å². The van der Waals surface area contributed by atoms with E-state index in [1.54, 1.807) is 18.7 Å². The molecule has 1 saturated heterocycles. The average Bonchev–Trinajstić information content (AvgIpc) is 2.92. The fourth-order valence-electron chi connectivity index (χ4n) is 3.59. The molecule has 1 aromatic heterocycles. The van der Waals surface area contributed by atoms with Crippen LogP contribution in [0.5, 0.6) is 0 Å². The normalized spacial score (nSPS) is 15.4. The fourth-order valence-corrected chi connectivity index (χ4v) is 3.59. The van der Waals surface area contributed by atoms with E-state index < -0.39 is 0 Å². The predicted molar refractivity (Wildman–Crippen MR) is 106 cm³/mol. The number of nitrogens with zero attached hydrogens (tertiary/aromatic N) is 3. The minimum Gasteiger partial charge on any atom is -0.469 e. The van der Waals surface area contributed by atoms with Crippen molar-refractivity contribution >= 4 is 17.6 Å². The first-order chi connectivity index (χ1) is 13.4. The van der Waals surface area contributed by atoms with Gasteiger partial charge in [0, 0.05) is 7.05 Å². The van der Waals surface area contributed by atoms with E-state index in [2.05, 4.69) is 5.32 Å². The molecule has 1 aromatic carbocycles. The molecule has 0 bridgehead atoms. The van der Waals surface area contributed by atoms with E-state index in [0.717, 1.165) is 5.69 Å². The van der Waals surface area contributed by atoms with Gasteiger partial charge in [0.1, 0.15) is 5.69 Å². The van der Waals surface area contributed by atoms with Crippen LogP contribution in [-0.2, 0) is 21.4 Å². The second-order valence-corrected chi connectivity index (χ2v) is 7.06. The lowest BCUT2D eigenvalue weighted by Gasteiger charge is -2.29. The molecule has 0 saturated carbocycles. The molecule has 0 aliphatic carbocycles. The number of amides is 1. The van der Waals surface area contributed by atoms with E-state index in [0.29, 0.717) is 37.3 Å². The zero-order valence-corrected chi connectivity index (χ0v) is 16.5. The van der Waals surface area contributed by atoms with Gasteiger partial charge in [0.15, 0.2) is 0 Å².